The second-order valence-corrected chi connectivity index (χ2v) is 4.09. The van der Waals surface area contributed by atoms with Crippen LogP contribution in [0, 0.1) is 16.0 Å². The van der Waals surface area contributed by atoms with Crippen molar-refractivity contribution < 1.29 is 19.2 Å². The molecular formula is C12H11NO5. The lowest BCUT2D eigenvalue weighted by molar-refractivity contribution is -0.498. The van der Waals surface area contributed by atoms with Gasteiger partial charge in [-0.15, -0.1) is 0 Å². The van der Waals surface area contributed by atoms with E-state index in [0.717, 1.165) is 7.11 Å². The average molecular weight is 249 g/mol. The van der Waals surface area contributed by atoms with Crippen molar-refractivity contribution in [2.75, 3.05) is 7.11 Å². The summed E-state index contributed by atoms with van der Waals surface area (Å²) in [4.78, 5) is 33.2. The van der Waals surface area contributed by atoms with E-state index in [-0.39, 0.29) is 0 Å². The van der Waals surface area contributed by atoms with E-state index in [0.29, 0.717) is 5.56 Å². The van der Waals surface area contributed by atoms with Gasteiger partial charge in [-0.2, -0.15) is 0 Å². The van der Waals surface area contributed by atoms with Crippen LogP contribution in [0.15, 0.2) is 30.3 Å². The van der Waals surface area contributed by atoms with Gasteiger partial charge in [0, 0.05) is 4.92 Å². The summed E-state index contributed by atoms with van der Waals surface area (Å²) in [6.07, 6.45) is 0. The first-order valence-electron chi connectivity index (χ1n) is 5.38. The van der Waals surface area contributed by atoms with Gasteiger partial charge in [0.05, 0.1) is 13.0 Å². The largest absolute Gasteiger partial charge is 0.463 e. The lowest BCUT2D eigenvalue weighted by Crippen LogP contribution is -2.21. The monoisotopic (exact) mass is 249 g/mol. The van der Waals surface area contributed by atoms with Crippen LogP contribution < -0.4 is 0 Å². The summed E-state index contributed by atoms with van der Waals surface area (Å²) in [6.45, 7) is 0. The average Bonchev–Trinajstić information content (AvgIpc) is 3.13. The molecule has 0 bridgehead atoms. The predicted octanol–water partition coefficient (Wildman–Crippen LogP) is 0.787. The van der Waals surface area contributed by atoms with Crippen molar-refractivity contribution in [2.24, 2.45) is 5.92 Å². The van der Waals surface area contributed by atoms with Gasteiger partial charge in [-0.25, -0.2) is 4.79 Å². The number of esters is 1. The molecule has 6 nitrogen and oxygen atoms in total. The molecule has 1 aromatic carbocycles. The third-order valence-corrected chi connectivity index (χ3v) is 3.10. The van der Waals surface area contributed by atoms with Crippen molar-refractivity contribution in [3.63, 3.8) is 0 Å². The molecule has 0 saturated heterocycles. The number of rotatable bonds is 4. The molecule has 1 aliphatic rings. The van der Waals surface area contributed by atoms with E-state index in [1.165, 1.54) is 0 Å². The van der Waals surface area contributed by atoms with Gasteiger partial charge < -0.3 is 4.74 Å². The molecule has 2 rings (SSSR count). The summed E-state index contributed by atoms with van der Waals surface area (Å²) in [5.74, 6) is -3.29. The van der Waals surface area contributed by atoms with Crippen LogP contribution in [0.2, 0.25) is 0 Å². The lowest BCUT2D eigenvalue weighted by atomic mass is 10.1. The number of ether oxygens (including phenoxy) is 1. The van der Waals surface area contributed by atoms with Gasteiger partial charge >= 0.3 is 5.97 Å². The molecule has 0 amide bonds. The van der Waals surface area contributed by atoms with E-state index in [1.54, 1.807) is 30.3 Å². The van der Waals surface area contributed by atoms with Crippen LogP contribution in [0.3, 0.4) is 0 Å². The highest BCUT2D eigenvalue weighted by molar-refractivity contribution is 6.35. The number of benzene rings is 1. The zero-order valence-corrected chi connectivity index (χ0v) is 9.61. The highest BCUT2D eigenvalue weighted by atomic mass is 16.6. The molecule has 3 atom stereocenters. The Hall–Kier alpha value is -2.24. The van der Waals surface area contributed by atoms with Crippen molar-refractivity contribution in [3.8, 4) is 0 Å². The SMILES string of the molecule is COC(=O)C(=O)C1C(c2ccccc2)C1[N+](=O)[O-]. The molecule has 94 valence electrons. The van der Waals surface area contributed by atoms with Gasteiger partial charge in [0.15, 0.2) is 0 Å². The second-order valence-electron chi connectivity index (χ2n) is 4.09. The molecule has 0 heterocycles. The molecular weight excluding hydrogens is 238 g/mol. The molecule has 1 aromatic rings. The fourth-order valence-electron chi connectivity index (χ4n) is 2.19. The number of Topliss-reactive ketones (excluding diaryl/α,β-unsaturated/α-hetero) is 1. The molecule has 1 saturated carbocycles. The maximum Gasteiger partial charge on any atom is 0.374 e. The summed E-state index contributed by atoms with van der Waals surface area (Å²) in [5, 5.41) is 10.9. The number of carbonyl (C=O) groups excluding carboxylic acids is 2. The Morgan fingerprint density at radius 3 is 2.39 bits per heavy atom. The van der Waals surface area contributed by atoms with E-state index < -0.39 is 34.6 Å². The van der Waals surface area contributed by atoms with Crippen LogP contribution >= 0.6 is 0 Å². The summed E-state index contributed by atoms with van der Waals surface area (Å²) in [7, 11) is 1.08. The minimum absolute atomic E-state index is 0.511. The number of methoxy groups -OCH3 is 1. The van der Waals surface area contributed by atoms with Crippen molar-refractivity contribution in [3.05, 3.63) is 46.0 Å². The highest BCUT2D eigenvalue weighted by Gasteiger charge is 2.66. The molecule has 18 heavy (non-hydrogen) atoms. The first-order chi connectivity index (χ1) is 8.57. The first kappa shape index (κ1) is 12.2. The second kappa shape index (κ2) is 4.56. The quantitative estimate of drug-likeness (QED) is 0.341. The van der Waals surface area contributed by atoms with Crippen molar-refractivity contribution >= 4 is 11.8 Å². The fourth-order valence-corrected chi connectivity index (χ4v) is 2.19. The lowest BCUT2D eigenvalue weighted by Gasteiger charge is -1.96. The fraction of sp³-hybridized carbons (Fsp3) is 0.333. The smallest absolute Gasteiger partial charge is 0.374 e. The topological polar surface area (TPSA) is 86.5 Å². The van der Waals surface area contributed by atoms with Crippen LogP contribution in [-0.4, -0.2) is 29.8 Å². The molecule has 0 N–H and O–H groups in total. The van der Waals surface area contributed by atoms with Gasteiger partial charge in [-0.1, -0.05) is 30.3 Å². The third kappa shape index (κ3) is 1.97. The Morgan fingerprint density at radius 2 is 1.89 bits per heavy atom. The van der Waals surface area contributed by atoms with Gasteiger partial charge in [0.2, 0.25) is 6.04 Å². The van der Waals surface area contributed by atoms with Crippen LogP contribution in [0.1, 0.15) is 11.5 Å². The molecule has 0 aromatic heterocycles. The zero-order chi connectivity index (χ0) is 13.3. The Morgan fingerprint density at radius 1 is 1.28 bits per heavy atom. The summed E-state index contributed by atoms with van der Waals surface area (Å²) in [6, 6.07) is 7.66. The first-order valence-corrected chi connectivity index (χ1v) is 5.38. The van der Waals surface area contributed by atoms with Crippen LogP contribution in [0.25, 0.3) is 0 Å². The van der Waals surface area contributed by atoms with Gasteiger partial charge in [-0.3, -0.25) is 14.9 Å². The van der Waals surface area contributed by atoms with Crippen molar-refractivity contribution in [2.45, 2.75) is 12.0 Å². The van der Waals surface area contributed by atoms with Crippen LogP contribution in [-0.2, 0) is 14.3 Å². The van der Waals surface area contributed by atoms with Crippen LogP contribution in [0.4, 0.5) is 0 Å². The Balaban J connectivity index is 2.24. The standard InChI is InChI=1S/C12H11NO5/c1-18-12(15)11(14)9-8(10(9)13(16)17)7-5-3-2-4-6-7/h2-6,8-10H,1H3. The number of nitrogens with zero attached hydrogens (tertiary/aromatic N) is 1. The number of carbonyl (C=O) groups is 2. The van der Waals surface area contributed by atoms with Gasteiger partial charge in [0.1, 0.15) is 5.92 Å². The predicted molar refractivity (Wildman–Crippen MR) is 60.5 cm³/mol. The third-order valence-electron chi connectivity index (χ3n) is 3.10. The maximum absolute atomic E-state index is 11.7. The molecule has 0 spiro atoms. The van der Waals surface area contributed by atoms with Gasteiger partial charge in [-0.05, 0) is 5.56 Å². The maximum atomic E-state index is 11.7. The minimum atomic E-state index is -1.03. The number of nitro groups is 1. The number of ketones is 1. The van der Waals surface area contributed by atoms with E-state index in [4.69, 9.17) is 0 Å². The minimum Gasteiger partial charge on any atom is -0.463 e. The van der Waals surface area contributed by atoms with Crippen molar-refractivity contribution in [1.29, 1.82) is 0 Å². The highest BCUT2D eigenvalue weighted by Crippen LogP contribution is 2.50. The molecule has 1 fully saturated rings. The van der Waals surface area contributed by atoms with Crippen molar-refractivity contribution in [1.82, 2.24) is 0 Å². The summed E-state index contributed by atoms with van der Waals surface area (Å²) in [5.41, 5.74) is 0.696. The molecule has 0 aliphatic heterocycles. The van der Waals surface area contributed by atoms with Crippen LogP contribution in [0.5, 0.6) is 0 Å². The summed E-state index contributed by atoms with van der Waals surface area (Å²) >= 11 is 0. The molecule has 6 heteroatoms. The number of hydrogen-bond acceptors (Lipinski definition) is 5. The van der Waals surface area contributed by atoms with E-state index >= 15 is 0 Å². The Bertz CT molecular complexity index is 498. The summed E-state index contributed by atoms with van der Waals surface area (Å²) < 4.78 is 4.31. The number of hydrogen-bond donors (Lipinski definition) is 0. The van der Waals surface area contributed by atoms with E-state index in [2.05, 4.69) is 4.74 Å². The van der Waals surface area contributed by atoms with Gasteiger partial charge in [0.25, 0.3) is 5.78 Å². The zero-order valence-electron chi connectivity index (χ0n) is 9.61. The normalized spacial score (nSPS) is 25.3. The van der Waals surface area contributed by atoms with E-state index in [1.807, 2.05) is 0 Å². The Labute approximate surface area is 103 Å². The van der Waals surface area contributed by atoms with E-state index in [9.17, 15) is 19.7 Å². The molecule has 1 aliphatic carbocycles. The Kier molecular flexibility index (Phi) is 3.10. The molecule has 3 unspecified atom stereocenters. The molecule has 0 radical (unpaired) electrons.